The molecular formula is C44H52. The van der Waals surface area contributed by atoms with E-state index in [1.54, 1.807) is 0 Å². The van der Waals surface area contributed by atoms with Crippen molar-refractivity contribution in [2.24, 2.45) is 0 Å². The van der Waals surface area contributed by atoms with E-state index in [1.165, 1.54) is 44.5 Å². The molecule has 1 unspecified atom stereocenters. The van der Waals surface area contributed by atoms with Gasteiger partial charge in [0, 0.05) is 5.41 Å². The van der Waals surface area contributed by atoms with Crippen molar-refractivity contribution in [3.05, 3.63) is 144 Å². The average molecular weight is 581 g/mol. The molecule has 0 N–H and O–H groups in total. The Bertz CT molecular complexity index is 1520. The zero-order chi connectivity index (χ0) is 31.0. The molecule has 3 aromatic rings. The molecule has 0 saturated carbocycles. The van der Waals surface area contributed by atoms with Crippen LogP contribution >= 0.6 is 0 Å². The molecule has 0 amide bonds. The summed E-state index contributed by atoms with van der Waals surface area (Å²) in [5.41, 5.74) is 10.6. The Labute approximate surface area is 268 Å². The second-order valence-electron chi connectivity index (χ2n) is 11.9. The molecule has 0 heteroatoms. The highest BCUT2D eigenvalue weighted by Gasteiger charge is 2.32. The molecule has 3 aromatic carbocycles. The molecule has 0 bridgehead atoms. The van der Waals surface area contributed by atoms with E-state index >= 15 is 0 Å². The van der Waals surface area contributed by atoms with E-state index in [4.69, 9.17) is 0 Å². The van der Waals surface area contributed by atoms with Crippen molar-refractivity contribution in [2.45, 2.75) is 90.9 Å². The van der Waals surface area contributed by atoms with Gasteiger partial charge >= 0.3 is 0 Å². The number of hydrogen-bond acceptors (Lipinski definition) is 0. The van der Waals surface area contributed by atoms with Crippen molar-refractivity contribution in [1.29, 1.82) is 0 Å². The number of rotatable bonds is 15. The summed E-state index contributed by atoms with van der Waals surface area (Å²) in [6, 6.07) is 23.0. The molecule has 4 rings (SSSR count). The molecular weight excluding hydrogens is 528 g/mol. The van der Waals surface area contributed by atoms with Gasteiger partial charge in [-0.25, -0.2) is 0 Å². The summed E-state index contributed by atoms with van der Waals surface area (Å²) in [6.07, 6.45) is 37.5. The summed E-state index contributed by atoms with van der Waals surface area (Å²) in [5.74, 6) is 0. The molecule has 0 nitrogen and oxygen atoms in total. The Kier molecular flexibility index (Phi) is 13.1. The van der Waals surface area contributed by atoms with Crippen LogP contribution in [0.15, 0.2) is 121 Å². The molecule has 0 aromatic heterocycles. The maximum Gasteiger partial charge on any atom is 0.0207 e. The number of unbranched alkanes of at least 4 members (excludes halogenated alkanes) is 2. The van der Waals surface area contributed by atoms with Crippen LogP contribution in [0, 0.1) is 0 Å². The number of benzene rings is 3. The highest BCUT2D eigenvalue weighted by atomic mass is 14.4. The first-order valence-electron chi connectivity index (χ1n) is 17.0. The van der Waals surface area contributed by atoms with Crippen molar-refractivity contribution in [1.82, 2.24) is 0 Å². The lowest BCUT2D eigenvalue weighted by molar-refractivity contribution is 0.541. The van der Waals surface area contributed by atoms with Crippen LogP contribution in [0.25, 0.3) is 34.4 Å². The van der Waals surface area contributed by atoms with Gasteiger partial charge in [-0.1, -0.05) is 168 Å². The van der Waals surface area contributed by atoms with E-state index < -0.39 is 0 Å². The molecule has 0 heterocycles. The second-order valence-corrected chi connectivity index (χ2v) is 11.9. The smallest absolute Gasteiger partial charge is 0.0207 e. The fourth-order valence-electron chi connectivity index (χ4n) is 6.28. The minimum atomic E-state index is -0.0672. The maximum absolute atomic E-state index is 2.46. The highest BCUT2D eigenvalue weighted by Crippen LogP contribution is 2.46. The molecule has 0 fully saturated rings. The van der Waals surface area contributed by atoms with Gasteiger partial charge < -0.3 is 0 Å². The van der Waals surface area contributed by atoms with Crippen LogP contribution in [0.3, 0.4) is 0 Å². The predicted octanol–water partition coefficient (Wildman–Crippen LogP) is 13.3. The Hall–Kier alpha value is -3.90. The molecule has 1 aliphatic carbocycles. The van der Waals surface area contributed by atoms with E-state index in [9.17, 15) is 0 Å². The average Bonchev–Trinajstić information content (AvgIpc) is 3.06. The normalized spacial score (nSPS) is 16.8. The first kappa shape index (κ1) is 33.0. The van der Waals surface area contributed by atoms with Gasteiger partial charge in [-0.15, -0.1) is 0 Å². The Morgan fingerprint density at radius 2 is 1.45 bits per heavy atom. The SMILES string of the molecule is CCC=CCc1c(C2(CC=CCC)C=CC=CC2)ccc(-c2ccccc2C=CCCC)c1-c1cccc(C=CCCC)c1. The summed E-state index contributed by atoms with van der Waals surface area (Å²) < 4.78 is 0. The van der Waals surface area contributed by atoms with E-state index in [1.807, 2.05) is 0 Å². The summed E-state index contributed by atoms with van der Waals surface area (Å²) >= 11 is 0. The van der Waals surface area contributed by atoms with Gasteiger partial charge in [-0.2, -0.15) is 0 Å². The molecule has 0 spiro atoms. The van der Waals surface area contributed by atoms with Gasteiger partial charge in [0.05, 0.1) is 0 Å². The fourth-order valence-corrected chi connectivity index (χ4v) is 6.28. The van der Waals surface area contributed by atoms with Crippen LogP contribution in [0.2, 0.25) is 0 Å². The maximum atomic E-state index is 2.46. The Morgan fingerprint density at radius 1 is 0.682 bits per heavy atom. The summed E-state index contributed by atoms with van der Waals surface area (Å²) in [7, 11) is 0. The molecule has 1 atom stereocenters. The van der Waals surface area contributed by atoms with Gasteiger partial charge in [-0.3, -0.25) is 0 Å². The van der Waals surface area contributed by atoms with Crippen molar-refractivity contribution in [3.8, 4) is 22.3 Å². The summed E-state index contributed by atoms with van der Waals surface area (Å²) in [6.45, 7) is 8.93. The monoisotopic (exact) mass is 580 g/mol. The predicted molar refractivity (Wildman–Crippen MR) is 197 cm³/mol. The third-order valence-electron chi connectivity index (χ3n) is 8.55. The molecule has 0 radical (unpaired) electrons. The second kappa shape index (κ2) is 17.4. The van der Waals surface area contributed by atoms with Crippen molar-refractivity contribution >= 4 is 12.2 Å². The number of allylic oxidation sites excluding steroid dienone is 10. The van der Waals surface area contributed by atoms with Crippen LogP contribution in [0.5, 0.6) is 0 Å². The van der Waals surface area contributed by atoms with Gasteiger partial charge in [0.25, 0.3) is 0 Å². The Balaban J connectivity index is 2.06. The van der Waals surface area contributed by atoms with Crippen LogP contribution < -0.4 is 0 Å². The molecule has 0 aliphatic heterocycles. The quantitative estimate of drug-likeness (QED) is 0.157. The van der Waals surface area contributed by atoms with Crippen LogP contribution in [-0.4, -0.2) is 0 Å². The molecule has 44 heavy (non-hydrogen) atoms. The van der Waals surface area contributed by atoms with Crippen molar-refractivity contribution in [3.63, 3.8) is 0 Å². The van der Waals surface area contributed by atoms with Gasteiger partial charge in [0.2, 0.25) is 0 Å². The van der Waals surface area contributed by atoms with E-state index in [0.29, 0.717) is 0 Å². The first-order chi connectivity index (χ1) is 21.7. The lowest BCUT2D eigenvalue weighted by Crippen LogP contribution is -2.25. The molecule has 1 aliphatic rings. The van der Waals surface area contributed by atoms with Crippen LogP contribution in [-0.2, 0) is 11.8 Å². The minimum Gasteiger partial charge on any atom is -0.0888 e. The lowest BCUT2D eigenvalue weighted by atomic mass is 9.69. The van der Waals surface area contributed by atoms with Crippen molar-refractivity contribution in [2.75, 3.05) is 0 Å². The standard InChI is InChI=1S/C44H52/c1-5-9-14-23-36-24-22-27-38(35-36)43-40(39-28-18-17-26-37(39)25-15-10-6-2)30-31-42(41(43)29-16-11-7-3)44(32-19-12-8-4)33-20-13-21-34-44/h11-28,30-31,33,35H,5-10,29,32,34H2,1-4H3. The zero-order valence-electron chi connectivity index (χ0n) is 27.6. The highest BCUT2D eigenvalue weighted by molar-refractivity contribution is 5.91. The third kappa shape index (κ3) is 8.38. The van der Waals surface area contributed by atoms with Gasteiger partial charge in [0.1, 0.15) is 0 Å². The summed E-state index contributed by atoms with van der Waals surface area (Å²) in [5, 5.41) is 0. The van der Waals surface area contributed by atoms with E-state index in [-0.39, 0.29) is 5.41 Å². The minimum absolute atomic E-state index is 0.0672. The number of hydrogen-bond donors (Lipinski definition) is 0. The van der Waals surface area contributed by atoms with Gasteiger partial charge in [0.15, 0.2) is 0 Å². The van der Waals surface area contributed by atoms with Gasteiger partial charge in [-0.05, 0) is 95.5 Å². The fraction of sp³-hybridized carbons (Fsp3) is 0.318. The largest absolute Gasteiger partial charge is 0.0888 e. The third-order valence-corrected chi connectivity index (χ3v) is 8.55. The van der Waals surface area contributed by atoms with Crippen molar-refractivity contribution < 1.29 is 0 Å². The molecule has 0 saturated heterocycles. The Morgan fingerprint density at radius 3 is 2.20 bits per heavy atom. The van der Waals surface area contributed by atoms with Crippen LogP contribution in [0.4, 0.5) is 0 Å². The van der Waals surface area contributed by atoms with Crippen LogP contribution in [0.1, 0.15) is 101 Å². The van der Waals surface area contributed by atoms with E-state index in [0.717, 1.165) is 57.8 Å². The molecule has 228 valence electrons. The first-order valence-corrected chi connectivity index (χ1v) is 17.0. The van der Waals surface area contributed by atoms with E-state index in [2.05, 4.69) is 161 Å². The summed E-state index contributed by atoms with van der Waals surface area (Å²) in [4.78, 5) is 0. The topological polar surface area (TPSA) is 0 Å². The lowest BCUT2D eigenvalue weighted by Gasteiger charge is -2.35. The zero-order valence-corrected chi connectivity index (χ0v) is 27.6.